The van der Waals surface area contributed by atoms with Crippen molar-refractivity contribution in [2.75, 3.05) is 0 Å². The summed E-state index contributed by atoms with van der Waals surface area (Å²) in [7, 11) is 0. The van der Waals surface area contributed by atoms with Gasteiger partial charge in [0.25, 0.3) is 0 Å². The predicted molar refractivity (Wildman–Crippen MR) is 108 cm³/mol. The van der Waals surface area contributed by atoms with E-state index < -0.39 is 0 Å². The maximum Gasteiger partial charge on any atom is 0.0684 e. The van der Waals surface area contributed by atoms with Crippen LogP contribution in [0.1, 0.15) is 108 Å². The van der Waals surface area contributed by atoms with Crippen LogP contribution < -0.4 is 0 Å². The van der Waals surface area contributed by atoms with Crippen molar-refractivity contribution < 1.29 is 0 Å². The van der Waals surface area contributed by atoms with E-state index in [9.17, 15) is 5.26 Å². The van der Waals surface area contributed by atoms with E-state index in [0.717, 1.165) is 6.42 Å². The van der Waals surface area contributed by atoms with E-state index in [1.165, 1.54) is 25.7 Å². The van der Waals surface area contributed by atoms with Crippen LogP contribution in [0.4, 0.5) is 0 Å². The Labute approximate surface area is 153 Å². The Kier molecular flexibility index (Phi) is 8.07. The van der Waals surface area contributed by atoms with Gasteiger partial charge < -0.3 is 0 Å². The smallest absolute Gasteiger partial charge is 0.0684 e. The molecule has 0 spiro atoms. The number of nitrogens with zero attached hydrogens (tertiary/aromatic N) is 1. The molecule has 0 aromatic rings. The fourth-order valence-corrected chi connectivity index (χ4v) is 5.21. The van der Waals surface area contributed by atoms with Gasteiger partial charge >= 0.3 is 0 Å². The van der Waals surface area contributed by atoms with E-state index in [0.29, 0.717) is 17.3 Å². The molecule has 3 unspecified atom stereocenters. The van der Waals surface area contributed by atoms with E-state index in [2.05, 4.69) is 82.2 Å². The van der Waals surface area contributed by atoms with Crippen LogP contribution in [0.15, 0.2) is 0 Å². The minimum atomic E-state index is -0.220. The minimum absolute atomic E-state index is 0.220. The average molecular weight is 336 g/mol. The number of rotatable bonds is 10. The van der Waals surface area contributed by atoms with Crippen molar-refractivity contribution >= 4 is 0 Å². The molecule has 142 valence electrons. The molecular formula is C23H45N. The maximum atomic E-state index is 9.40. The molecule has 24 heavy (non-hydrogen) atoms. The van der Waals surface area contributed by atoms with Crippen LogP contribution in [0, 0.1) is 44.8 Å². The summed E-state index contributed by atoms with van der Waals surface area (Å²) in [5.74, 6) is 1.23. The summed E-state index contributed by atoms with van der Waals surface area (Å²) < 4.78 is 0. The summed E-state index contributed by atoms with van der Waals surface area (Å²) in [6, 6.07) is 2.49. The van der Waals surface area contributed by atoms with E-state index in [4.69, 9.17) is 0 Å². The zero-order valence-electron chi connectivity index (χ0n) is 18.6. The fraction of sp³-hybridized carbons (Fsp3) is 0.957. The molecule has 1 nitrogen and oxygen atoms in total. The van der Waals surface area contributed by atoms with Gasteiger partial charge in [-0.1, -0.05) is 68.7 Å². The molecule has 3 atom stereocenters. The molecule has 0 aliphatic carbocycles. The molecule has 0 aromatic heterocycles. The molecular weight excluding hydrogens is 290 g/mol. The van der Waals surface area contributed by atoms with E-state index in [1.807, 2.05) is 0 Å². The van der Waals surface area contributed by atoms with Crippen molar-refractivity contribution in [1.29, 1.82) is 5.26 Å². The Morgan fingerprint density at radius 2 is 1.38 bits per heavy atom. The molecule has 0 N–H and O–H groups in total. The average Bonchev–Trinajstić information content (AvgIpc) is 2.45. The van der Waals surface area contributed by atoms with Gasteiger partial charge in [0.05, 0.1) is 11.5 Å². The minimum Gasteiger partial charge on any atom is -0.198 e. The Morgan fingerprint density at radius 3 is 1.71 bits per heavy atom. The highest BCUT2D eigenvalue weighted by molar-refractivity contribution is 5.02. The third-order valence-electron chi connectivity index (χ3n) is 7.67. The molecule has 0 rings (SSSR count). The summed E-state index contributed by atoms with van der Waals surface area (Å²) >= 11 is 0. The van der Waals surface area contributed by atoms with Crippen molar-refractivity contribution in [3.05, 3.63) is 0 Å². The summed E-state index contributed by atoms with van der Waals surface area (Å²) in [6.45, 7) is 26.0. The van der Waals surface area contributed by atoms with Crippen LogP contribution in [0.2, 0.25) is 0 Å². The second-order valence-corrected chi connectivity index (χ2v) is 10.4. The lowest BCUT2D eigenvalue weighted by atomic mass is 9.46. The zero-order chi connectivity index (χ0) is 19.4. The summed E-state index contributed by atoms with van der Waals surface area (Å²) in [5, 5.41) is 9.40. The second kappa shape index (κ2) is 8.25. The lowest BCUT2D eigenvalue weighted by Gasteiger charge is -2.58. The summed E-state index contributed by atoms with van der Waals surface area (Å²) in [5.41, 5.74) is 0.656. The van der Waals surface area contributed by atoms with Crippen LogP contribution in [0.5, 0.6) is 0 Å². The Morgan fingerprint density at radius 1 is 0.875 bits per heavy atom. The van der Waals surface area contributed by atoms with Crippen LogP contribution in [0.25, 0.3) is 0 Å². The molecule has 0 saturated carbocycles. The van der Waals surface area contributed by atoms with Gasteiger partial charge in [-0.3, -0.25) is 0 Å². The lowest BCUT2D eigenvalue weighted by molar-refractivity contribution is -0.0940. The summed E-state index contributed by atoms with van der Waals surface area (Å²) in [6.07, 6.45) is 5.92. The zero-order valence-corrected chi connectivity index (χ0v) is 18.6. The van der Waals surface area contributed by atoms with Crippen molar-refractivity contribution in [3.63, 3.8) is 0 Å². The number of nitriles is 1. The quantitative estimate of drug-likeness (QED) is 0.398. The highest BCUT2D eigenvalue weighted by Gasteiger charge is 2.53. The van der Waals surface area contributed by atoms with Gasteiger partial charge in [-0.2, -0.15) is 5.26 Å². The molecule has 0 aliphatic heterocycles. The molecule has 0 saturated heterocycles. The highest BCUT2D eigenvalue weighted by atomic mass is 14.6. The molecule has 0 amide bonds. The van der Waals surface area contributed by atoms with Crippen LogP contribution >= 0.6 is 0 Å². The summed E-state index contributed by atoms with van der Waals surface area (Å²) in [4.78, 5) is 0. The molecule has 0 aliphatic rings. The number of hydrogen-bond acceptors (Lipinski definition) is 1. The van der Waals surface area contributed by atoms with Gasteiger partial charge in [-0.15, -0.1) is 0 Å². The third kappa shape index (κ3) is 4.77. The standard InChI is InChI=1S/C23H45N/c1-12-14-22(10,16-19(5)15-20(6,7)17-24)23(11,13-2)21(8,9)18(3)4/h18-19H,12-16H2,1-11H3. The normalized spacial score (nSPS) is 19.5. The highest BCUT2D eigenvalue weighted by Crippen LogP contribution is 2.61. The SMILES string of the molecule is CCCC(C)(CC(C)CC(C)(C)C#N)C(C)(CC)C(C)(C)C(C)C. The first kappa shape index (κ1) is 23.5. The molecule has 0 heterocycles. The Hall–Kier alpha value is -0.510. The first-order valence-corrected chi connectivity index (χ1v) is 10.1. The predicted octanol–water partition coefficient (Wildman–Crippen LogP) is 7.86. The topological polar surface area (TPSA) is 23.8 Å². The molecule has 0 bridgehead atoms. The van der Waals surface area contributed by atoms with Gasteiger partial charge in [0.1, 0.15) is 0 Å². The molecule has 0 fully saturated rings. The van der Waals surface area contributed by atoms with Crippen LogP contribution in [0.3, 0.4) is 0 Å². The Balaban J connectivity index is 5.75. The van der Waals surface area contributed by atoms with Crippen molar-refractivity contribution in [2.45, 2.75) is 108 Å². The monoisotopic (exact) mass is 335 g/mol. The van der Waals surface area contributed by atoms with E-state index >= 15 is 0 Å². The van der Waals surface area contributed by atoms with Gasteiger partial charge in [-0.05, 0) is 67.6 Å². The van der Waals surface area contributed by atoms with Crippen molar-refractivity contribution in [1.82, 2.24) is 0 Å². The van der Waals surface area contributed by atoms with Crippen LogP contribution in [-0.2, 0) is 0 Å². The van der Waals surface area contributed by atoms with Gasteiger partial charge in [0.15, 0.2) is 0 Å². The maximum absolute atomic E-state index is 9.40. The molecule has 1 heteroatoms. The molecule has 0 aromatic carbocycles. The van der Waals surface area contributed by atoms with Crippen LogP contribution in [-0.4, -0.2) is 0 Å². The lowest BCUT2D eigenvalue weighted by Crippen LogP contribution is -2.51. The number of hydrogen-bond donors (Lipinski definition) is 0. The Bertz CT molecular complexity index is 426. The first-order valence-electron chi connectivity index (χ1n) is 10.1. The fourth-order valence-electron chi connectivity index (χ4n) is 5.21. The van der Waals surface area contributed by atoms with Gasteiger partial charge in [0.2, 0.25) is 0 Å². The first-order chi connectivity index (χ1) is 10.7. The third-order valence-corrected chi connectivity index (χ3v) is 7.67. The van der Waals surface area contributed by atoms with Gasteiger partial charge in [0, 0.05) is 0 Å². The van der Waals surface area contributed by atoms with Crippen molar-refractivity contribution in [3.8, 4) is 6.07 Å². The van der Waals surface area contributed by atoms with E-state index in [-0.39, 0.29) is 16.2 Å². The second-order valence-electron chi connectivity index (χ2n) is 10.4. The molecule has 0 radical (unpaired) electrons. The van der Waals surface area contributed by atoms with Crippen molar-refractivity contribution in [2.24, 2.45) is 33.5 Å². The van der Waals surface area contributed by atoms with Gasteiger partial charge in [-0.25, -0.2) is 0 Å². The van der Waals surface area contributed by atoms with E-state index in [1.54, 1.807) is 0 Å². The largest absolute Gasteiger partial charge is 0.198 e.